The van der Waals surface area contributed by atoms with E-state index in [0.29, 0.717) is 0 Å². The lowest BCUT2D eigenvalue weighted by Gasteiger charge is -2.55. The second-order valence-electron chi connectivity index (χ2n) is 7.77. The largest absolute Gasteiger partial charge is 0.352 e. The first-order valence-electron chi connectivity index (χ1n) is 8.33. The van der Waals surface area contributed by atoms with Gasteiger partial charge in [-0.3, -0.25) is 4.79 Å². The van der Waals surface area contributed by atoms with Crippen LogP contribution in [0.2, 0.25) is 0 Å². The molecule has 0 unspecified atom stereocenters. The van der Waals surface area contributed by atoms with Gasteiger partial charge >= 0.3 is 0 Å². The van der Waals surface area contributed by atoms with E-state index >= 15 is 0 Å². The van der Waals surface area contributed by atoms with Crippen molar-refractivity contribution in [3.63, 3.8) is 0 Å². The van der Waals surface area contributed by atoms with Crippen LogP contribution in [-0.4, -0.2) is 31.9 Å². The standard InChI is InChI=1S/C16H27NO3S/c1-3-21(19,20)10-11(2)17-15(18)16-7-12-4-13(8-16)6-14(5-12)9-16/h11-14H,3-10H2,1-2H3,(H,17,18)/t11-,12?,13?,14?,16?/m1/s1. The van der Waals surface area contributed by atoms with E-state index in [4.69, 9.17) is 0 Å². The molecular weight excluding hydrogens is 286 g/mol. The Hall–Kier alpha value is -0.580. The van der Waals surface area contributed by atoms with Gasteiger partial charge in [0, 0.05) is 17.2 Å². The molecule has 4 aliphatic rings. The van der Waals surface area contributed by atoms with Crippen molar-refractivity contribution >= 4 is 15.7 Å². The van der Waals surface area contributed by atoms with Gasteiger partial charge in [0.05, 0.1) is 5.75 Å². The molecule has 1 atom stereocenters. The van der Waals surface area contributed by atoms with Crippen LogP contribution in [0.3, 0.4) is 0 Å². The minimum absolute atomic E-state index is 0.0571. The number of carbonyl (C=O) groups excluding carboxylic acids is 1. The fraction of sp³-hybridized carbons (Fsp3) is 0.938. The lowest BCUT2D eigenvalue weighted by atomic mass is 9.49. The molecule has 0 saturated heterocycles. The summed E-state index contributed by atoms with van der Waals surface area (Å²) in [6, 6.07) is -0.282. The highest BCUT2D eigenvalue weighted by atomic mass is 32.2. The van der Waals surface area contributed by atoms with E-state index in [1.165, 1.54) is 19.3 Å². The van der Waals surface area contributed by atoms with Crippen LogP contribution in [0.5, 0.6) is 0 Å². The molecule has 0 aliphatic heterocycles. The number of nitrogens with one attached hydrogen (secondary N) is 1. The predicted molar refractivity (Wildman–Crippen MR) is 82.5 cm³/mol. The number of hydrogen-bond acceptors (Lipinski definition) is 3. The smallest absolute Gasteiger partial charge is 0.226 e. The summed E-state index contributed by atoms with van der Waals surface area (Å²) in [6.45, 7) is 3.47. The zero-order chi connectivity index (χ0) is 15.3. The van der Waals surface area contributed by atoms with Crippen molar-refractivity contribution in [3.05, 3.63) is 0 Å². The first-order valence-corrected chi connectivity index (χ1v) is 10.2. The Balaban J connectivity index is 1.65. The van der Waals surface area contributed by atoms with Crippen LogP contribution in [0.25, 0.3) is 0 Å². The molecule has 4 bridgehead atoms. The summed E-state index contributed by atoms with van der Waals surface area (Å²) >= 11 is 0. The quantitative estimate of drug-likeness (QED) is 0.846. The van der Waals surface area contributed by atoms with Crippen molar-refractivity contribution in [2.45, 2.75) is 58.4 Å². The SMILES string of the molecule is CCS(=O)(=O)C[C@@H](C)NC(=O)C12CC3CC(CC(C3)C1)C2. The molecule has 120 valence electrons. The van der Waals surface area contributed by atoms with Crippen molar-refractivity contribution in [2.24, 2.45) is 23.2 Å². The molecule has 0 aromatic rings. The van der Waals surface area contributed by atoms with Gasteiger partial charge in [-0.15, -0.1) is 0 Å². The highest BCUT2D eigenvalue weighted by Crippen LogP contribution is 2.60. The van der Waals surface area contributed by atoms with E-state index in [1.807, 2.05) is 6.92 Å². The molecule has 0 aromatic carbocycles. The summed E-state index contributed by atoms with van der Waals surface area (Å²) in [5.74, 6) is 2.53. The third kappa shape index (κ3) is 2.99. The maximum atomic E-state index is 12.8. The van der Waals surface area contributed by atoms with Gasteiger partial charge in [0.2, 0.25) is 5.91 Å². The summed E-state index contributed by atoms with van der Waals surface area (Å²) in [7, 11) is -3.04. The molecule has 21 heavy (non-hydrogen) atoms. The molecule has 1 amide bonds. The summed E-state index contributed by atoms with van der Waals surface area (Å²) in [6.07, 6.45) is 7.01. The van der Waals surface area contributed by atoms with Gasteiger partial charge in [0.25, 0.3) is 0 Å². The summed E-state index contributed by atoms with van der Waals surface area (Å²) in [4.78, 5) is 12.8. The van der Waals surface area contributed by atoms with Crippen molar-refractivity contribution in [3.8, 4) is 0 Å². The van der Waals surface area contributed by atoms with E-state index in [1.54, 1.807) is 6.92 Å². The molecule has 4 saturated carbocycles. The maximum absolute atomic E-state index is 12.8. The molecule has 4 aliphatic carbocycles. The average Bonchev–Trinajstić information content (AvgIpc) is 2.36. The highest BCUT2D eigenvalue weighted by molar-refractivity contribution is 7.91. The topological polar surface area (TPSA) is 63.2 Å². The van der Waals surface area contributed by atoms with Crippen molar-refractivity contribution in [2.75, 3.05) is 11.5 Å². The monoisotopic (exact) mass is 313 g/mol. The highest BCUT2D eigenvalue weighted by Gasteiger charge is 2.54. The lowest BCUT2D eigenvalue weighted by Crippen LogP contribution is -2.55. The van der Waals surface area contributed by atoms with Gasteiger partial charge in [0.1, 0.15) is 0 Å². The van der Waals surface area contributed by atoms with Crippen LogP contribution in [0.15, 0.2) is 0 Å². The zero-order valence-corrected chi connectivity index (χ0v) is 13.9. The molecule has 4 fully saturated rings. The van der Waals surface area contributed by atoms with Crippen LogP contribution in [0.1, 0.15) is 52.4 Å². The van der Waals surface area contributed by atoms with Crippen LogP contribution in [0.4, 0.5) is 0 Å². The Morgan fingerprint density at radius 1 is 1.14 bits per heavy atom. The van der Waals surface area contributed by atoms with Gasteiger partial charge in [-0.1, -0.05) is 6.92 Å². The number of hydrogen-bond donors (Lipinski definition) is 1. The molecule has 1 N–H and O–H groups in total. The van der Waals surface area contributed by atoms with Crippen molar-refractivity contribution < 1.29 is 13.2 Å². The fourth-order valence-corrected chi connectivity index (χ4v) is 6.39. The van der Waals surface area contributed by atoms with E-state index in [2.05, 4.69) is 5.32 Å². The minimum Gasteiger partial charge on any atom is -0.352 e. The maximum Gasteiger partial charge on any atom is 0.226 e. The molecular formula is C16H27NO3S. The summed E-state index contributed by atoms with van der Waals surface area (Å²) < 4.78 is 23.4. The Kier molecular flexibility index (Phi) is 3.83. The zero-order valence-electron chi connectivity index (χ0n) is 13.1. The Morgan fingerprint density at radius 2 is 1.62 bits per heavy atom. The van der Waals surface area contributed by atoms with Gasteiger partial charge in [-0.2, -0.15) is 0 Å². The summed E-state index contributed by atoms with van der Waals surface area (Å²) in [5, 5.41) is 3.01. The molecule has 4 nitrogen and oxygen atoms in total. The Bertz CT molecular complexity index is 490. The van der Waals surface area contributed by atoms with Crippen molar-refractivity contribution in [1.29, 1.82) is 0 Å². The molecule has 0 radical (unpaired) electrons. The first kappa shape index (κ1) is 15.3. The van der Waals surface area contributed by atoms with Gasteiger partial charge in [-0.25, -0.2) is 8.42 Å². The second kappa shape index (κ2) is 5.25. The van der Waals surface area contributed by atoms with Gasteiger partial charge < -0.3 is 5.32 Å². The van der Waals surface area contributed by atoms with E-state index in [0.717, 1.165) is 37.0 Å². The van der Waals surface area contributed by atoms with Crippen LogP contribution in [0, 0.1) is 23.2 Å². The fourth-order valence-electron chi connectivity index (χ4n) is 5.31. The van der Waals surface area contributed by atoms with Crippen LogP contribution >= 0.6 is 0 Å². The van der Waals surface area contributed by atoms with Crippen LogP contribution in [-0.2, 0) is 14.6 Å². The minimum atomic E-state index is -3.04. The molecule has 4 rings (SSSR count). The normalized spacial score (nSPS) is 39.2. The number of sulfone groups is 1. The Labute approximate surface area is 128 Å². The molecule has 0 spiro atoms. The van der Waals surface area contributed by atoms with Gasteiger partial charge in [0.15, 0.2) is 9.84 Å². The van der Waals surface area contributed by atoms with Crippen LogP contribution < -0.4 is 5.32 Å². The van der Waals surface area contributed by atoms with E-state index in [9.17, 15) is 13.2 Å². The van der Waals surface area contributed by atoms with Crippen molar-refractivity contribution in [1.82, 2.24) is 5.32 Å². The molecule has 5 heteroatoms. The average molecular weight is 313 g/mol. The predicted octanol–water partition coefficient (Wildman–Crippen LogP) is 2.14. The molecule has 0 aromatic heterocycles. The van der Waals surface area contributed by atoms with E-state index in [-0.39, 0.29) is 28.9 Å². The molecule has 0 heterocycles. The van der Waals surface area contributed by atoms with Gasteiger partial charge in [-0.05, 0) is 63.2 Å². The number of carbonyl (C=O) groups is 1. The number of amides is 1. The Morgan fingerprint density at radius 3 is 2.05 bits per heavy atom. The second-order valence-corrected chi connectivity index (χ2v) is 10.2. The lowest BCUT2D eigenvalue weighted by molar-refractivity contribution is -0.146. The third-order valence-electron chi connectivity index (χ3n) is 5.84. The summed E-state index contributed by atoms with van der Waals surface area (Å²) in [5.41, 5.74) is -0.182. The third-order valence-corrected chi connectivity index (χ3v) is 7.73. The number of rotatable bonds is 5. The van der Waals surface area contributed by atoms with E-state index < -0.39 is 9.84 Å². The first-order chi connectivity index (χ1) is 9.82.